The third kappa shape index (κ3) is 5.64. The first-order valence-corrected chi connectivity index (χ1v) is 10.1. The van der Waals surface area contributed by atoms with E-state index in [0.717, 1.165) is 0 Å². The highest BCUT2D eigenvalue weighted by Gasteiger charge is 2.27. The normalized spacial score (nSPS) is 13.6. The largest absolute Gasteiger partial charge is 0.484 e. The Morgan fingerprint density at radius 1 is 1.10 bits per heavy atom. The van der Waals surface area contributed by atoms with E-state index in [1.54, 1.807) is 42.2 Å². The number of halogens is 1. The molecule has 1 fully saturated rings. The van der Waals surface area contributed by atoms with Gasteiger partial charge in [-0.05, 0) is 43.3 Å². The number of carbonyl (C=O) groups is 2. The smallest absolute Gasteiger partial charge is 0.338 e. The highest BCUT2D eigenvalue weighted by molar-refractivity contribution is 6.30. The van der Waals surface area contributed by atoms with Crippen molar-refractivity contribution in [2.24, 2.45) is 0 Å². The second-order valence-electron chi connectivity index (χ2n) is 6.79. The molecule has 31 heavy (non-hydrogen) atoms. The van der Waals surface area contributed by atoms with Crippen LogP contribution >= 0.6 is 11.6 Å². The van der Waals surface area contributed by atoms with Crippen molar-refractivity contribution in [3.05, 3.63) is 63.2 Å². The van der Waals surface area contributed by atoms with Gasteiger partial charge in [0.2, 0.25) is 0 Å². The summed E-state index contributed by atoms with van der Waals surface area (Å²) >= 11 is 5.83. The Balaban J connectivity index is 1.60. The van der Waals surface area contributed by atoms with Crippen LogP contribution in [-0.4, -0.2) is 61.1 Å². The summed E-state index contributed by atoms with van der Waals surface area (Å²) in [6.07, 6.45) is 0. The number of rotatable bonds is 7. The van der Waals surface area contributed by atoms with E-state index in [9.17, 15) is 19.7 Å². The maximum absolute atomic E-state index is 12.4. The van der Waals surface area contributed by atoms with Gasteiger partial charge in [0.15, 0.2) is 6.61 Å². The number of nitro groups is 1. The average Bonchev–Trinajstić information content (AvgIpc) is 2.78. The predicted octanol–water partition coefficient (Wildman–Crippen LogP) is 3.15. The molecule has 10 heteroatoms. The molecule has 0 N–H and O–H groups in total. The number of nitrogens with zero attached hydrogens (tertiary/aromatic N) is 3. The molecule has 0 unspecified atom stereocenters. The molecule has 2 aromatic carbocycles. The van der Waals surface area contributed by atoms with E-state index in [1.807, 2.05) is 4.90 Å². The minimum Gasteiger partial charge on any atom is -0.484 e. The summed E-state index contributed by atoms with van der Waals surface area (Å²) in [7, 11) is 0. The Kier molecular flexibility index (Phi) is 7.30. The van der Waals surface area contributed by atoms with Gasteiger partial charge in [-0.1, -0.05) is 11.6 Å². The van der Waals surface area contributed by atoms with Crippen LogP contribution in [0.2, 0.25) is 5.02 Å². The molecular formula is C21H22ClN3O6. The van der Waals surface area contributed by atoms with Crippen molar-refractivity contribution in [3.8, 4) is 5.75 Å². The molecule has 1 aliphatic rings. The Hall–Kier alpha value is -3.33. The molecule has 164 valence electrons. The molecule has 0 atom stereocenters. The van der Waals surface area contributed by atoms with Crippen LogP contribution in [0, 0.1) is 10.1 Å². The predicted molar refractivity (Wildman–Crippen MR) is 115 cm³/mol. The molecular weight excluding hydrogens is 426 g/mol. The van der Waals surface area contributed by atoms with Crippen LogP contribution in [0.3, 0.4) is 0 Å². The van der Waals surface area contributed by atoms with Crippen LogP contribution in [0.5, 0.6) is 5.75 Å². The maximum atomic E-state index is 12.4. The first-order valence-electron chi connectivity index (χ1n) is 9.75. The van der Waals surface area contributed by atoms with E-state index in [-0.39, 0.29) is 30.4 Å². The van der Waals surface area contributed by atoms with E-state index in [4.69, 9.17) is 21.1 Å². The first-order chi connectivity index (χ1) is 14.9. The number of carbonyl (C=O) groups excluding carboxylic acids is 2. The first kappa shape index (κ1) is 22.4. The minimum absolute atomic E-state index is 0.101. The van der Waals surface area contributed by atoms with Crippen molar-refractivity contribution in [1.29, 1.82) is 0 Å². The summed E-state index contributed by atoms with van der Waals surface area (Å²) in [4.78, 5) is 38.8. The van der Waals surface area contributed by atoms with Gasteiger partial charge in [-0.3, -0.25) is 14.9 Å². The lowest BCUT2D eigenvalue weighted by molar-refractivity contribution is -0.384. The van der Waals surface area contributed by atoms with E-state index >= 15 is 0 Å². The number of esters is 1. The lowest BCUT2D eigenvalue weighted by Crippen LogP contribution is -2.50. The standard InChI is InChI=1S/C21H22ClN3O6/c1-2-30-21(27)15-3-8-18(19(13-15)25(28)29)23-9-11-24(12-10-23)20(26)14-31-17-6-4-16(22)5-7-17/h3-8,13H,2,9-12,14H2,1H3. The van der Waals surface area contributed by atoms with Crippen LogP contribution in [0.25, 0.3) is 0 Å². The molecule has 0 aromatic heterocycles. The second-order valence-corrected chi connectivity index (χ2v) is 7.23. The third-order valence-corrected chi connectivity index (χ3v) is 5.08. The van der Waals surface area contributed by atoms with Gasteiger partial charge in [0.05, 0.1) is 17.1 Å². The molecule has 1 aliphatic heterocycles. The van der Waals surface area contributed by atoms with Gasteiger partial charge in [0.1, 0.15) is 11.4 Å². The Labute approximate surface area is 184 Å². The highest BCUT2D eigenvalue weighted by atomic mass is 35.5. The van der Waals surface area contributed by atoms with Crippen molar-refractivity contribution in [2.45, 2.75) is 6.92 Å². The lowest BCUT2D eigenvalue weighted by Gasteiger charge is -2.35. The fourth-order valence-electron chi connectivity index (χ4n) is 3.24. The summed E-state index contributed by atoms with van der Waals surface area (Å²) < 4.78 is 10.4. The molecule has 0 aliphatic carbocycles. The zero-order valence-electron chi connectivity index (χ0n) is 17.0. The van der Waals surface area contributed by atoms with Gasteiger partial charge in [0.25, 0.3) is 11.6 Å². The summed E-state index contributed by atoms with van der Waals surface area (Å²) in [5.74, 6) is -0.219. The minimum atomic E-state index is -0.603. The average molecular weight is 448 g/mol. The Morgan fingerprint density at radius 2 is 1.77 bits per heavy atom. The van der Waals surface area contributed by atoms with Gasteiger partial charge >= 0.3 is 5.97 Å². The van der Waals surface area contributed by atoms with Crippen LogP contribution < -0.4 is 9.64 Å². The number of benzene rings is 2. The SMILES string of the molecule is CCOC(=O)c1ccc(N2CCN(C(=O)COc3ccc(Cl)cc3)CC2)c([N+](=O)[O-])c1. The number of ether oxygens (including phenoxy) is 2. The zero-order valence-corrected chi connectivity index (χ0v) is 17.7. The van der Waals surface area contributed by atoms with Gasteiger partial charge in [-0.25, -0.2) is 4.79 Å². The number of hydrogen-bond donors (Lipinski definition) is 0. The zero-order chi connectivity index (χ0) is 22.4. The molecule has 0 radical (unpaired) electrons. The number of piperazine rings is 1. The fraction of sp³-hybridized carbons (Fsp3) is 0.333. The van der Waals surface area contributed by atoms with Crippen LogP contribution in [0.15, 0.2) is 42.5 Å². The topological polar surface area (TPSA) is 102 Å². The lowest BCUT2D eigenvalue weighted by atomic mass is 10.1. The molecule has 0 saturated carbocycles. The van der Waals surface area contributed by atoms with E-state index in [0.29, 0.717) is 42.6 Å². The summed E-state index contributed by atoms with van der Waals surface area (Å²) in [5, 5.41) is 12.1. The molecule has 3 rings (SSSR count). The third-order valence-electron chi connectivity index (χ3n) is 4.83. The van der Waals surface area contributed by atoms with Gasteiger partial charge in [-0.15, -0.1) is 0 Å². The van der Waals surface area contributed by atoms with E-state index < -0.39 is 10.9 Å². The molecule has 1 amide bonds. The highest BCUT2D eigenvalue weighted by Crippen LogP contribution is 2.30. The summed E-state index contributed by atoms with van der Waals surface area (Å²) in [6, 6.07) is 11.0. The van der Waals surface area contributed by atoms with Crippen molar-refractivity contribution < 1.29 is 24.0 Å². The van der Waals surface area contributed by atoms with Crippen molar-refractivity contribution in [1.82, 2.24) is 4.90 Å². The molecule has 0 spiro atoms. The Morgan fingerprint density at radius 3 is 2.39 bits per heavy atom. The second kappa shape index (κ2) is 10.1. The van der Waals surface area contributed by atoms with Crippen molar-refractivity contribution >= 4 is 34.9 Å². The molecule has 9 nitrogen and oxygen atoms in total. The van der Waals surface area contributed by atoms with Gasteiger partial charge in [-0.2, -0.15) is 0 Å². The van der Waals surface area contributed by atoms with Crippen LogP contribution in [-0.2, 0) is 9.53 Å². The summed E-state index contributed by atoms with van der Waals surface area (Å²) in [6.45, 7) is 3.40. The van der Waals surface area contributed by atoms with Gasteiger partial charge < -0.3 is 19.3 Å². The Bertz CT molecular complexity index is 958. The number of nitro benzene ring substituents is 1. The number of hydrogen-bond acceptors (Lipinski definition) is 7. The fourth-order valence-corrected chi connectivity index (χ4v) is 3.37. The maximum Gasteiger partial charge on any atom is 0.338 e. The number of anilines is 1. The summed E-state index contributed by atoms with van der Waals surface area (Å²) in [5.41, 5.74) is 0.365. The number of amides is 1. The molecule has 1 saturated heterocycles. The molecule has 0 bridgehead atoms. The molecule has 1 heterocycles. The monoisotopic (exact) mass is 447 g/mol. The van der Waals surface area contributed by atoms with E-state index in [2.05, 4.69) is 0 Å². The van der Waals surface area contributed by atoms with Crippen LogP contribution in [0.4, 0.5) is 11.4 Å². The van der Waals surface area contributed by atoms with E-state index in [1.165, 1.54) is 12.1 Å². The van der Waals surface area contributed by atoms with Crippen molar-refractivity contribution in [3.63, 3.8) is 0 Å². The molecule has 2 aromatic rings. The van der Waals surface area contributed by atoms with Crippen molar-refractivity contribution in [2.75, 3.05) is 44.3 Å². The van der Waals surface area contributed by atoms with Gasteiger partial charge in [0, 0.05) is 37.3 Å². The quantitative estimate of drug-likeness (QED) is 0.365. The van der Waals surface area contributed by atoms with Crippen LogP contribution in [0.1, 0.15) is 17.3 Å².